The molecule has 9 heteroatoms. The quantitative estimate of drug-likeness (QED) is 0.566. The Balaban J connectivity index is 1.29. The topological polar surface area (TPSA) is 79.4 Å². The number of hydrogen-bond acceptors (Lipinski definition) is 6. The van der Waals surface area contributed by atoms with Gasteiger partial charge in [0.2, 0.25) is 15.9 Å². The number of aromatic nitrogens is 1. The van der Waals surface area contributed by atoms with E-state index < -0.39 is 10.0 Å². The zero-order valence-corrected chi connectivity index (χ0v) is 18.9. The van der Waals surface area contributed by atoms with Crippen molar-refractivity contribution < 1.29 is 13.2 Å². The molecule has 6 nitrogen and oxygen atoms in total. The zero-order valence-electron chi connectivity index (χ0n) is 16.4. The van der Waals surface area contributed by atoms with E-state index in [1.54, 1.807) is 39.9 Å². The Morgan fingerprint density at radius 3 is 2.53 bits per heavy atom. The average molecular weight is 462 g/mol. The SMILES string of the molecule is O=C(CSCc1nc2ccccc2s1)Nc1ccc(S(=O)(=O)N2CCCCC2)cc1. The van der Waals surface area contributed by atoms with E-state index in [9.17, 15) is 13.2 Å². The average Bonchev–Trinajstić information content (AvgIpc) is 3.17. The molecular formula is C21H23N3O3S3. The Labute approximate surface area is 184 Å². The molecule has 0 bridgehead atoms. The van der Waals surface area contributed by atoms with Gasteiger partial charge in [-0.15, -0.1) is 23.1 Å². The van der Waals surface area contributed by atoms with Crippen LogP contribution >= 0.6 is 23.1 Å². The van der Waals surface area contributed by atoms with Crippen molar-refractivity contribution in [3.05, 3.63) is 53.5 Å². The van der Waals surface area contributed by atoms with Crippen LogP contribution in [0.25, 0.3) is 10.2 Å². The standard InChI is InChI=1S/C21H23N3O3S3/c25-20(14-28-15-21-23-18-6-2-3-7-19(18)29-21)22-16-8-10-17(11-9-16)30(26,27)24-12-4-1-5-13-24/h2-3,6-11H,1,4-5,12-15H2,(H,22,25). The van der Waals surface area contributed by atoms with E-state index in [0.29, 0.717) is 30.3 Å². The highest BCUT2D eigenvalue weighted by Crippen LogP contribution is 2.25. The molecule has 158 valence electrons. The molecule has 1 aromatic heterocycles. The Kier molecular flexibility index (Phi) is 6.72. The van der Waals surface area contributed by atoms with Crippen molar-refractivity contribution in [2.45, 2.75) is 29.9 Å². The maximum Gasteiger partial charge on any atom is 0.243 e. The summed E-state index contributed by atoms with van der Waals surface area (Å²) in [6.07, 6.45) is 2.89. The number of amides is 1. The zero-order chi connectivity index (χ0) is 21.0. The summed E-state index contributed by atoms with van der Waals surface area (Å²) in [6, 6.07) is 14.4. The normalized spacial score (nSPS) is 15.3. The van der Waals surface area contributed by atoms with Crippen LogP contribution < -0.4 is 5.32 Å². The van der Waals surface area contributed by atoms with Gasteiger partial charge in [0, 0.05) is 24.5 Å². The molecule has 0 aliphatic carbocycles. The van der Waals surface area contributed by atoms with Crippen molar-refractivity contribution in [2.75, 3.05) is 24.2 Å². The monoisotopic (exact) mass is 461 g/mol. The summed E-state index contributed by atoms with van der Waals surface area (Å²) in [4.78, 5) is 17.1. The van der Waals surface area contributed by atoms with E-state index >= 15 is 0 Å². The molecule has 1 saturated heterocycles. The smallest absolute Gasteiger partial charge is 0.243 e. The van der Waals surface area contributed by atoms with Crippen LogP contribution in [0.5, 0.6) is 0 Å². The molecule has 3 aromatic rings. The van der Waals surface area contributed by atoms with Crippen molar-refractivity contribution in [1.29, 1.82) is 0 Å². The number of benzene rings is 2. The Hall–Kier alpha value is -1.94. The lowest BCUT2D eigenvalue weighted by atomic mass is 10.2. The summed E-state index contributed by atoms with van der Waals surface area (Å²) in [5, 5.41) is 3.83. The van der Waals surface area contributed by atoms with Crippen LogP contribution in [0, 0.1) is 0 Å². The highest BCUT2D eigenvalue weighted by molar-refractivity contribution is 7.99. The minimum absolute atomic E-state index is 0.118. The second-order valence-corrected chi connectivity index (χ2v) is 11.1. The van der Waals surface area contributed by atoms with E-state index in [-0.39, 0.29) is 10.8 Å². The summed E-state index contributed by atoms with van der Waals surface area (Å²) in [7, 11) is -3.45. The number of hydrogen-bond donors (Lipinski definition) is 1. The van der Waals surface area contributed by atoms with Crippen LogP contribution in [0.15, 0.2) is 53.4 Å². The van der Waals surface area contributed by atoms with Crippen molar-refractivity contribution in [3.8, 4) is 0 Å². The lowest BCUT2D eigenvalue weighted by molar-refractivity contribution is -0.113. The molecule has 1 N–H and O–H groups in total. The molecule has 2 heterocycles. The van der Waals surface area contributed by atoms with Crippen LogP contribution in [-0.4, -0.2) is 42.5 Å². The van der Waals surface area contributed by atoms with Gasteiger partial charge >= 0.3 is 0 Å². The van der Waals surface area contributed by atoms with Crippen LogP contribution in [0.3, 0.4) is 0 Å². The fourth-order valence-corrected chi connectivity index (χ4v) is 6.74. The number of thioether (sulfide) groups is 1. The van der Waals surface area contributed by atoms with Crippen molar-refractivity contribution in [3.63, 3.8) is 0 Å². The third-order valence-corrected chi connectivity index (χ3v) is 8.96. The Morgan fingerprint density at radius 2 is 1.80 bits per heavy atom. The van der Waals surface area contributed by atoms with Gasteiger partial charge in [-0.2, -0.15) is 4.31 Å². The minimum atomic E-state index is -3.45. The van der Waals surface area contributed by atoms with Gasteiger partial charge in [-0.1, -0.05) is 18.6 Å². The molecule has 1 aliphatic rings. The summed E-state index contributed by atoms with van der Waals surface area (Å²) in [5.41, 5.74) is 1.58. The van der Waals surface area contributed by atoms with Crippen LogP contribution in [0.1, 0.15) is 24.3 Å². The molecule has 1 amide bonds. The highest BCUT2D eigenvalue weighted by atomic mass is 32.2. The first-order valence-electron chi connectivity index (χ1n) is 9.85. The minimum Gasteiger partial charge on any atom is -0.325 e. The van der Waals surface area contributed by atoms with E-state index in [1.807, 2.05) is 24.3 Å². The molecule has 0 unspecified atom stereocenters. The number of anilines is 1. The van der Waals surface area contributed by atoms with Crippen molar-refractivity contribution in [2.24, 2.45) is 0 Å². The third kappa shape index (κ3) is 5.03. The predicted molar refractivity (Wildman–Crippen MR) is 123 cm³/mol. The molecular weight excluding hydrogens is 438 g/mol. The van der Waals surface area contributed by atoms with E-state index in [2.05, 4.69) is 10.3 Å². The lowest BCUT2D eigenvalue weighted by Gasteiger charge is -2.25. The first-order valence-corrected chi connectivity index (χ1v) is 13.3. The Morgan fingerprint density at radius 1 is 1.07 bits per heavy atom. The highest BCUT2D eigenvalue weighted by Gasteiger charge is 2.25. The van der Waals surface area contributed by atoms with Crippen molar-refractivity contribution in [1.82, 2.24) is 9.29 Å². The molecule has 0 saturated carbocycles. The van der Waals surface area contributed by atoms with Gasteiger partial charge in [0.1, 0.15) is 5.01 Å². The number of sulfonamides is 1. The van der Waals surface area contributed by atoms with Crippen LogP contribution in [0.4, 0.5) is 5.69 Å². The number of para-hydroxylation sites is 1. The van der Waals surface area contributed by atoms with Crippen LogP contribution in [-0.2, 0) is 20.6 Å². The number of carbonyl (C=O) groups excluding carboxylic acids is 1. The molecule has 1 aliphatic heterocycles. The molecule has 0 atom stereocenters. The molecule has 0 spiro atoms. The summed E-state index contributed by atoms with van der Waals surface area (Å²) in [5.74, 6) is 0.872. The van der Waals surface area contributed by atoms with Gasteiger partial charge in [-0.25, -0.2) is 13.4 Å². The second kappa shape index (κ2) is 9.47. The van der Waals surface area contributed by atoms with Gasteiger partial charge in [0.05, 0.1) is 20.9 Å². The fourth-order valence-electron chi connectivity index (χ4n) is 3.37. The fraction of sp³-hybridized carbons (Fsp3) is 0.333. The van der Waals surface area contributed by atoms with Gasteiger partial charge in [0.25, 0.3) is 0 Å². The summed E-state index contributed by atoms with van der Waals surface area (Å²) >= 11 is 3.15. The van der Waals surface area contributed by atoms with Crippen molar-refractivity contribution >= 4 is 54.9 Å². The summed E-state index contributed by atoms with van der Waals surface area (Å²) < 4.78 is 28.1. The van der Waals surface area contributed by atoms with Gasteiger partial charge < -0.3 is 5.32 Å². The van der Waals surface area contributed by atoms with E-state index in [0.717, 1.165) is 34.5 Å². The number of nitrogens with zero attached hydrogens (tertiary/aromatic N) is 2. The number of piperidine rings is 1. The predicted octanol–water partition coefficient (Wildman–Crippen LogP) is 4.34. The third-order valence-electron chi connectivity index (χ3n) is 4.89. The number of carbonyl (C=O) groups is 1. The lowest BCUT2D eigenvalue weighted by Crippen LogP contribution is -2.35. The number of rotatable bonds is 7. The van der Waals surface area contributed by atoms with Gasteiger partial charge in [-0.3, -0.25) is 4.79 Å². The van der Waals surface area contributed by atoms with E-state index in [1.165, 1.54) is 11.8 Å². The second-order valence-electron chi connectivity index (χ2n) is 7.11. The number of fused-ring (bicyclic) bond motifs is 1. The largest absolute Gasteiger partial charge is 0.325 e. The van der Waals surface area contributed by atoms with E-state index in [4.69, 9.17) is 0 Å². The molecule has 2 aromatic carbocycles. The molecule has 0 radical (unpaired) electrons. The Bertz CT molecular complexity index is 1090. The number of thiazole rings is 1. The number of nitrogens with one attached hydrogen (secondary N) is 1. The summed E-state index contributed by atoms with van der Waals surface area (Å²) in [6.45, 7) is 1.15. The van der Waals surface area contributed by atoms with Gasteiger partial charge in [0.15, 0.2) is 0 Å². The maximum absolute atomic E-state index is 12.7. The first-order chi connectivity index (χ1) is 14.5. The molecule has 4 rings (SSSR count). The molecule has 30 heavy (non-hydrogen) atoms. The van der Waals surface area contributed by atoms with Crippen LogP contribution in [0.2, 0.25) is 0 Å². The maximum atomic E-state index is 12.7. The van der Waals surface area contributed by atoms with Gasteiger partial charge in [-0.05, 0) is 49.2 Å². The molecule has 1 fully saturated rings. The first kappa shape index (κ1) is 21.3.